The Kier molecular flexibility index (Phi) is 13.7. The maximum absolute atomic E-state index is 14.7. The van der Waals surface area contributed by atoms with Gasteiger partial charge in [-0.05, 0) is 97.2 Å². The van der Waals surface area contributed by atoms with Crippen LogP contribution in [0.4, 0.5) is 0 Å². The lowest BCUT2D eigenvalue weighted by Crippen LogP contribution is -2.62. The SMILES string of the molecule is CCn1c(-c2cnccc2COC)c2c3cc(ccc31)-c1cc(O)cc(c1)C[C@H](NC(=O)C(C(C)C)N(C)C(=O)CN(C)C(=O)[C@@]1(C)CN1)C(=O)N1CCC[C@H](N1)C(=O)OCC(C)(C)C2. The highest BCUT2D eigenvalue weighted by Gasteiger charge is 2.47. The molecule has 2 saturated heterocycles. The number of esters is 1. The van der Waals surface area contributed by atoms with Crippen molar-refractivity contribution in [2.24, 2.45) is 11.3 Å². The van der Waals surface area contributed by atoms with E-state index in [1.165, 1.54) is 21.9 Å². The number of nitrogens with zero attached hydrogens (tertiary/aromatic N) is 5. The second-order valence-electron chi connectivity index (χ2n) is 19.2. The van der Waals surface area contributed by atoms with Gasteiger partial charge in [0, 0.05) is 81.5 Å². The molecule has 1 unspecified atom stereocenters. The van der Waals surface area contributed by atoms with Crippen molar-refractivity contribution in [1.82, 2.24) is 40.4 Å². The monoisotopic (exact) mass is 892 g/mol. The molecule has 348 valence electrons. The Labute approximate surface area is 381 Å². The average Bonchev–Trinajstić information content (AvgIpc) is 3.96. The minimum atomic E-state index is -1.18. The molecule has 6 bridgehead atoms. The van der Waals surface area contributed by atoms with E-state index >= 15 is 0 Å². The van der Waals surface area contributed by atoms with Gasteiger partial charge in [0.1, 0.15) is 29.4 Å². The lowest BCUT2D eigenvalue weighted by Gasteiger charge is -2.37. The van der Waals surface area contributed by atoms with Crippen LogP contribution >= 0.6 is 0 Å². The fraction of sp³-hybridized carbons (Fsp3) is 0.510. The third-order valence-electron chi connectivity index (χ3n) is 12.9. The van der Waals surface area contributed by atoms with Crippen molar-refractivity contribution in [3.05, 3.63) is 71.5 Å². The molecule has 3 aliphatic heterocycles. The largest absolute Gasteiger partial charge is 0.508 e. The number of fused-ring (bicyclic) bond motifs is 6. The van der Waals surface area contributed by atoms with E-state index in [0.717, 1.165) is 38.9 Å². The molecular formula is C49H64N8O8. The standard InChI is InChI=1S/C49H64N8O8/c1-10-56-40-14-13-31-22-35(40)36(43(56)37-24-50-16-15-32(37)26-64-9)23-48(4,5)28-65-46(62)38-12-11-17-57(53-38)45(61)39(20-30-18-33(31)21-34(58)19-30)52-44(60)42(29(2)3)55(8)41(59)25-54(7)47(63)49(6)27-51-49/h13-16,18-19,21-22,24,29,38-39,42,51,53,58H,10-12,17,20,23,25-28H2,1-9H3,(H,52,60)/t38-,39-,42?,49+/m0/s1. The highest BCUT2D eigenvalue weighted by atomic mass is 16.5. The zero-order valence-corrected chi connectivity index (χ0v) is 39.1. The van der Waals surface area contributed by atoms with E-state index in [0.29, 0.717) is 50.1 Å². The summed E-state index contributed by atoms with van der Waals surface area (Å²) in [5, 5.41) is 19.6. The van der Waals surface area contributed by atoms with Gasteiger partial charge in [0.2, 0.25) is 17.7 Å². The quantitative estimate of drug-likeness (QED) is 0.125. The number of hydrogen-bond acceptors (Lipinski definition) is 11. The summed E-state index contributed by atoms with van der Waals surface area (Å²) in [6, 6.07) is 10.4. The molecule has 7 rings (SSSR count). The number of cyclic esters (lactones) is 1. The summed E-state index contributed by atoms with van der Waals surface area (Å²) >= 11 is 0. The first kappa shape index (κ1) is 47.1. The normalized spacial score (nSPS) is 21.4. The molecule has 16 heteroatoms. The summed E-state index contributed by atoms with van der Waals surface area (Å²) in [5.41, 5.74) is 8.97. The second-order valence-corrected chi connectivity index (χ2v) is 19.2. The number of rotatable bonds is 11. The number of phenolic OH excluding ortho intramolecular Hbond substituents is 1. The average molecular weight is 893 g/mol. The van der Waals surface area contributed by atoms with Crippen molar-refractivity contribution in [1.29, 1.82) is 0 Å². The molecular weight excluding hydrogens is 829 g/mol. The van der Waals surface area contributed by atoms with Crippen LogP contribution in [0.3, 0.4) is 0 Å². The number of amides is 4. The molecule has 0 spiro atoms. The molecule has 4 aromatic rings. The summed E-state index contributed by atoms with van der Waals surface area (Å²) in [5.74, 6) is -2.59. The number of nitrogens with one attached hydrogen (secondary N) is 3. The number of phenols is 1. The van der Waals surface area contributed by atoms with Gasteiger partial charge in [0.05, 0.1) is 25.5 Å². The highest BCUT2D eigenvalue weighted by molar-refractivity contribution is 5.97. The van der Waals surface area contributed by atoms with Gasteiger partial charge < -0.3 is 39.6 Å². The Morgan fingerprint density at radius 3 is 2.52 bits per heavy atom. The number of pyridine rings is 1. The molecule has 4 amide bonds. The van der Waals surface area contributed by atoms with Gasteiger partial charge in [0.25, 0.3) is 5.91 Å². The lowest BCUT2D eigenvalue weighted by atomic mass is 9.84. The van der Waals surface area contributed by atoms with Crippen LogP contribution in [0.25, 0.3) is 33.3 Å². The number of aromatic hydroxyl groups is 1. The van der Waals surface area contributed by atoms with E-state index in [-0.39, 0.29) is 43.7 Å². The van der Waals surface area contributed by atoms with E-state index in [9.17, 15) is 29.1 Å². The molecule has 2 fully saturated rings. The van der Waals surface area contributed by atoms with E-state index in [1.807, 2.05) is 38.2 Å². The van der Waals surface area contributed by atoms with Crippen molar-refractivity contribution >= 4 is 40.5 Å². The number of aromatic nitrogens is 2. The first-order valence-corrected chi connectivity index (χ1v) is 22.6. The van der Waals surface area contributed by atoms with E-state index < -0.39 is 52.8 Å². The first-order chi connectivity index (χ1) is 30.8. The van der Waals surface area contributed by atoms with E-state index in [4.69, 9.17) is 9.47 Å². The van der Waals surface area contributed by atoms with Crippen LogP contribution in [0.2, 0.25) is 0 Å². The number of methoxy groups -OCH3 is 1. The zero-order valence-electron chi connectivity index (χ0n) is 39.1. The Hall–Kier alpha value is -5.84. The third-order valence-corrected chi connectivity index (χ3v) is 12.9. The zero-order chi connectivity index (χ0) is 47.0. The Morgan fingerprint density at radius 2 is 1.83 bits per heavy atom. The number of hydrogen-bond donors (Lipinski definition) is 4. The van der Waals surface area contributed by atoms with Gasteiger partial charge in [-0.1, -0.05) is 39.8 Å². The summed E-state index contributed by atoms with van der Waals surface area (Å²) in [7, 11) is 4.75. The van der Waals surface area contributed by atoms with Crippen molar-refractivity contribution in [2.75, 3.05) is 47.4 Å². The number of carbonyl (C=O) groups is 5. The molecule has 2 aromatic carbocycles. The third kappa shape index (κ3) is 10.0. The number of likely N-dealkylation sites (N-methyl/N-ethyl adjacent to an activating group) is 2. The minimum absolute atomic E-state index is 0.0181. The molecule has 0 saturated carbocycles. The topological polar surface area (TPSA) is 198 Å². The fourth-order valence-corrected chi connectivity index (χ4v) is 9.36. The molecule has 5 heterocycles. The van der Waals surface area contributed by atoms with E-state index in [2.05, 4.69) is 58.5 Å². The fourth-order valence-electron chi connectivity index (χ4n) is 9.36. The maximum atomic E-state index is 14.7. The molecule has 0 aliphatic carbocycles. The molecule has 4 N–H and O–H groups in total. The van der Waals surface area contributed by atoms with Gasteiger partial charge in [-0.15, -0.1) is 0 Å². The Bertz CT molecular complexity index is 2480. The number of ether oxygens (including phenoxy) is 2. The number of hydrazine groups is 1. The van der Waals surface area contributed by atoms with Crippen LogP contribution < -0.4 is 16.1 Å². The summed E-state index contributed by atoms with van der Waals surface area (Å²) in [6.45, 7) is 13.3. The van der Waals surface area contributed by atoms with Crippen LogP contribution in [-0.2, 0) is 59.4 Å². The number of aryl methyl sites for hydroxylation is 1. The predicted octanol–water partition coefficient (Wildman–Crippen LogP) is 4.19. The van der Waals surface area contributed by atoms with Crippen molar-refractivity contribution in [2.45, 2.75) is 104 Å². The van der Waals surface area contributed by atoms with E-state index in [1.54, 1.807) is 39.4 Å². The molecule has 2 aromatic heterocycles. The number of benzene rings is 2. The van der Waals surface area contributed by atoms with Crippen molar-refractivity contribution in [3.63, 3.8) is 0 Å². The summed E-state index contributed by atoms with van der Waals surface area (Å²) in [6.07, 6.45) is 5.09. The highest BCUT2D eigenvalue weighted by Crippen LogP contribution is 2.41. The lowest BCUT2D eigenvalue weighted by molar-refractivity contribution is -0.155. The maximum Gasteiger partial charge on any atom is 0.324 e. The van der Waals surface area contributed by atoms with Crippen molar-refractivity contribution in [3.8, 4) is 28.1 Å². The van der Waals surface area contributed by atoms with Gasteiger partial charge in [-0.3, -0.25) is 34.0 Å². The molecule has 0 radical (unpaired) electrons. The first-order valence-electron chi connectivity index (χ1n) is 22.6. The van der Waals surface area contributed by atoms with Crippen LogP contribution in [0.5, 0.6) is 5.75 Å². The smallest absolute Gasteiger partial charge is 0.324 e. The van der Waals surface area contributed by atoms with Gasteiger partial charge in [-0.2, -0.15) is 0 Å². The summed E-state index contributed by atoms with van der Waals surface area (Å²) in [4.78, 5) is 76.8. The van der Waals surface area contributed by atoms with Gasteiger partial charge in [-0.25, -0.2) is 5.43 Å². The predicted molar refractivity (Wildman–Crippen MR) is 246 cm³/mol. The Balaban J connectivity index is 1.29. The van der Waals surface area contributed by atoms with Crippen LogP contribution in [0, 0.1) is 11.3 Å². The van der Waals surface area contributed by atoms with Gasteiger partial charge in [0.15, 0.2) is 0 Å². The van der Waals surface area contributed by atoms with Crippen molar-refractivity contribution < 1.29 is 38.6 Å². The van der Waals surface area contributed by atoms with Crippen LogP contribution in [-0.4, -0.2) is 130 Å². The van der Waals surface area contributed by atoms with Crippen LogP contribution in [0.1, 0.15) is 71.1 Å². The van der Waals surface area contributed by atoms with Crippen LogP contribution in [0.15, 0.2) is 54.9 Å². The molecule has 4 atom stereocenters. The Morgan fingerprint density at radius 1 is 1.08 bits per heavy atom. The molecule has 16 nitrogen and oxygen atoms in total. The molecule has 65 heavy (non-hydrogen) atoms. The second kappa shape index (κ2) is 18.9. The molecule has 3 aliphatic rings. The minimum Gasteiger partial charge on any atom is -0.508 e. The summed E-state index contributed by atoms with van der Waals surface area (Å²) < 4.78 is 14.0. The van der Waals surface area contributed by atoms with Gasteiger partial charge >= 0.3 is 5.97 Å². The number of carbonyl (C=O) groups excluding carboxylic acids is 5.